The fraction of sp³-hybridized carbons (Fsp3) is 0.0615. The molecule has 3 aliphatic rings. The minimum Gasteiger partial charge on any atom is -0.310 e. The molecule has 0 N–H and O–H groups in total. The Labute approximate surface area is 403 Å². The molecule has 13 rings (SSSR count). The molecule has 0 radical (unpaired) electrons. The summed E-state index contributed by atoms with van der Waals surface area (Å²) in [6.45, 7) is 4.51. The monoisotopic (exact) mass is 885 g/mol. The Morgan fingerprint density at radius 3 is 1.14 bits per heavy atom. The summed E-state index contributed by atoms with van der Waals surface area (Å²) >= 11 is 0. The smallest absolute Gasteiger partial charge is 0.193 e. The van der Waals surface area contributed by atoms with Crippen LogP contribution in [0.3, 0.4) is 0 Å². The third-order valence-electron chi connectivity index (χ3n) is 14.8. The van der Waals surface area contributed by atoms with Crippen molar-refractivity contribution in [1.82, 2.24) is 0 Å². The van der Waals surface area contributed by atoms with E-state index in [1.54, 1.807) is 0 Å². The van der Waals surface area contributed by atoms with Crippen molar-refractivity contribution < 1.29 is 4.79 Å². The van der Waals surface area contributed by atoms with Crippen LogP contribution in [-0.4, -0.2) is 5.78 Å². The van der Waals surface area contributed by atoms with E-state index in [1.807, 2.05) is 12.1 Å². The van der Waals surface area contributed by atoms with E-state index in [2.05, 4.69) is 265 Å². The molecule has 1 spiro atoms. The van der Waals surface area contributed by atoms with Gasteiger partial charge in [0.05, 0.1) is 16.8 Å². The van der Waals surface area contributed by atoms with Gasteiger partial charge in [0.25, 0.3) is 0 Å². The normalized spacial score (nSPS) is 14.2. The van der Waals surface area contributed by atoms with E-state index in [1.165, 1.54) is 33.4 Å². The first kappa shape index (κ1) is 40.5. The molecule has 0 aromatic heterocycles. The van der Waals surface area contributed by atoms with E-state index in [0.29, 0.717) is 0 Å². The standard InChI is InChI=1S/C65H47N3O/c1-64(2)55-32-18-17-31-53(55)63(69)54-38-35-48(41-60(54)64)68-61-42-49(66(44-21-7-3-8-22-44)45-23-9-4-10-24-45)36-39-58(61)65(56-33-19-15-29-51(56)52-30-16-20-34-57(52)65)59-40-37-50(43-62(59)68)67(46-25-11-5-12-26-46)47-27-13-6-14-28-47/h3-43H,1-2H3. The molecule has 328 valence electrons. The van der Waals surface area contributed by atoms with Gasteiger partial charge in [-0.05, 0) is 136 Å². The number of rotatable bonds is 7. The fourth-order valence-corrected chi connectivity index (χ4v) is 11.8. The minimum atomic E-state index is -0.678. The van der Waals surface area contributed by atoms with Crippen LogP contribution in [0.25, 0.3) is 11.1 Å². The van der Waals surface area contributed by atoms with Gasteiger partial charge in [-0.15, -0.1) is 0 Å². The van der Waals surface area contributed by atoms with Crippen LogP contribution in [0.15, 0.2) is 249 Å². The fourth-order valence-electron chi connectivity index (χ4n) is 11.8. The van der Waals surface area contributed by atoms with E-state index in [9.17, 15) is 4.79 Å². The van der Waals surface area contributed by atoms with Gasteiger partial charge in [-0.1, -0.05) is 172 Å². The number of fused-ring (bicyclic) bond motifs is 11. The molecule has 0 saturated heterocycles. The lowest BCUT2D eigenvalue weighted by molar-refractivity contribution is 0.103. The molecule has 0 unspecified atom stereocenters. The first-order chi connectivity index (χ1) is 33.9. The van der Waals surface area contributed by atoms with E-state index in [-0.39, 0.29) is 5.78 Å². The average molecular weight is 886 g/mol. The van der Waals surface area contributed by atoms with Gasteiger partial charge in [0, 0.05) is 56.4 Å². The van der Waals surface area contributed by atoms with Crippen molar-refractivity contribution >= 4 is 57.0 Å². The van der Waals surface area contributed by atoms with E-state index in [0.717, 1.165) is 73.4 Å². The summed E-state index contributed by atoms with van der Waals surface area (Å²) in [5.74, 6) is 0.0661. The van der Waals surface area contributed by atoms with Crippen LogP contribution in [0.1, 0.15) is 63.1 Å². The molecule has 10 aromatic carbocycles. The lowest BCUT2D eigenvalue weighted by atomic mass is 9.64. The molecule has 1 aliphatic heterocycles. The molecule has 0 atom stereocenters. The summed E-state index contributed by atoms with van der Waals surface area (Å²) in [6, 6.07) is 89.4. The van der Waals surface area contributed by atoms with Gasteiger partial charge in [-0.2, -0.15) is 0 Å². The van der Waals surface area contributed by atoms with Crippen LogP contribution < -0.4 is 14.7 Å². The number of para-hydroxylation sites is 4. The lowest BCUT2D eigenvalue weighted by Crippen LogP contribution is -2.37. The molecule has 0 fully saturated rings. The van der Waals surface area contributed by atoms with Crippen LogP contribution in [0.4, 0.5) is 51.2 Å². The number of benzene rings is 10. The first-order valence-electron chi connectivity index (χ1n) is 23.8. The molecule has 2 aliphatic carbocycles. The zero-order valence-corrected chi connectivity index (χ0v) is 38.4. The Morgan fingerprint density at radius 2 is 0.696 bits per heavy atom. The third-order valence-corrected chi connectivity index (χ3v) is 14.8. The van der Waals surface area contributed by atoms with Crippen molar-refractivity contribution in [2.45, 2.75) is 24.7 Å². The highest BCUT2D eigenvalue weighted by Crippen LogP contribution is 2.65. The van der Waals surface area contributed by atoms with Crippen molar-refractivity contribution in [2.24, 2.45) is 0 Å². The van der Waals surface area contributed by atoms with Crippen LogP contribution in [0, 0.1) is 0 Å². The summed E-state index contributed by atoms with van der Waals surface area (Å²) in [5.41, 5.74) is 19.3. The van der Waals surface area contributed by atoms with Crippen molar-refractivity contribution in [2.75, 3.05) is 14.7 Å². The Morgan fingerprint density at radius 1 is 0.319 bits per heavy atom. The van der Waals surface area contributed by atoms with Gasteiger partial charge in [0.1, 0.15) is 0 Å². The predicted molar refractivity (Wildman–Crippen MR) is 283 cm³/mol. The van der Waals surface area contributed by atoms with Crippen LogP contribution in [-0.2, 0) is 10.8 Å². The molecule has 4 nitrogen and oxygen atoms in total. The minimum absolute atomic E-state index is 0.0661. The third kappa shape index (κ3) is 6.05. The molecule has 10 aromatic rings. The molecular formula is C65H47N3O. The molecule has 69 heavy (non-hydrogen) atoms. The maximum atomic E-state index is 14.4. The maximum absolute atomic E-state index is 14.4. The predicted octanol–water partition coefficient (Wildman–Crippen LogP) is 16.6. The second-order valence-electron chi connectivity index (χ2n) is 18.8. The number of hydrogen-bond donors (Lipinski definition) is 0. The van der Waals surface area contributed by atoms with Gasteiger partial charge >= 0.3 is 0 Å². The average Bonchev–Trinajstić information content (AvgIpc) is 3.70. The second-order valence-corrected chi connectivity index (χ2v) is 18.8. The van der Waals surface area contributed by atoms with Crippen LogP contribution >= 0.6 is 0 Å². The van der Waals surface area contributed by atoms with Crippen molar-refractivity contribution in [3.05, 3.63) is 293 Å². The largest absolute Gasteiger partial charge is 0.310 e. The lowest BCUT2D eigenvalue weighted by Gasteiger charge is -2.46. The summed E-state index contributed by atoms with van der Waals surface area (Å²) in [4.78, 5) is 21.6. The first-order valence-corrected chi connectivity index (χ1v) is 23.8. The number of carbonyl (C=O) groups excluding carboxylic acids is 1. The molecule has 0 amide bonds. The number of ketones is 1. The van der Waals surface area contributed by atoms with Gasteiger partial charge in [0.15, 0.2) is 5.78 Å². The zero-order valence-electron chi connectivity index (χ0n) is 38.4. The van der Waals surface area contributed by atoms with Crippen molar-refractivity contribution in [3.63, 3.8) is 0 Å². The SMILES string of the molecule is CC1(C)c2ccccc2C(=O)c2ccc(N3c4cc(N(c5ccccc5)c5ccccc5)ccc4C4(c5ccccc5-c5ccccc54)c4ccc(N(c5ccccc5)c5ccccc5)cc43)cc21. The number of nitrogens with zero attached hydrogens (tertiary/aromatic N) is 3. The van der Waals surface area contributed by atoms with Gasteiger partial charge in [0.2, 0.25) is 0 Å². The van der Waals surface area contributed by atoms with E-state index < -0.39 is 10.8 Å². The Balaban J connectivity index is 1.15. The molecule has 1 heterocycles. The molecular weight excluding hydrogens is 839 g/mol. The van der Waals surface area contributed by atoms with E-state index in [4.69, 9.17) is 0 Å². The van der Waals surface area contributed by atoms with E-state index >= 15 is 0 Å². The molecule has 4 heteroatoms. The Bertz CT molecular complexity index is 3360. The van der Waals surface area contributed by atoms with Crippen LogP contribution in [0.2, 0.25) is 0 Å². The quantitative estimate of drug-likeness (QED) is 0.159. The highest BCUT2D eigenvalue weighted by atomic mass is 16.1. The maximum Gasteiger partial charge on any atom is 0.193 e. The number of anilines is 9. The van der Waals surface area contributed by atoms with Gasteiger partial charge in [-0.3, -0.25) is 4.79 Å². The summed E-state index contributed by atoms with van der Waals surface area (Å²) < 4.78 is 0. The van der Waals surface area contributed by atoms with Gasteiger partial charge < -0.3 is 14.7 Å². The molecule has 0 bridgehead atoms. The second kappa shape index (κ2) is 15.7. The van der Waals surface area contributed by atoms with Crippen molar-refractivity contribution in [1.29, 1.82) is 0 Å². The Kier molecular flexibility index (Phi) is 9.22. The highest BCUT2D eigenvalue weighted by molar-refractivity contribution is 6.13. The summed E-state index contributed by atoms with van der Waals surface area (Å²) in [7, 11) is 0. The Hall–Kier alpha value is -8.73. The topological polar surface area (TPSA) is 26.8 Å². The molecule has 0 saturated carbocycles. The summed E-state index contributed by atoms with van der Waals surface area (Å²) in [5, 5.41) is 0. The highest BCUT2D eigenvalue weighted by Gasteiger charge is 2.52. The number of hydrogen-bond acceptors (Lipinski definition) is 4. The zero-order chi connectivity index (χ0) is 46.3. The van der Waals surface area contributed by atoms with Crippen LogP contribution in [0.5, 0.6) is 0 Å². The van der Waals surface area contributed by atoms with Gasteiger partial charge in [-0.25, -0.2) is 0 Å². The van der Waals surface area contributed by atoms with Crippen molar-refractivity contribution in [3.8, 4) is 11.1 Å². The number of carbonyl (C=O) groups is 1. The summed E-state index contributed by atoms with van der Waals surface area (Å²) in [6.07, 6.45) is 0.